The monoisotopic (exact) mass is 394 g/mol. The van der Waals surface area contributed by atoms with Gasteiger partial charge in [-0.1, -0.05) is 30.3 Å². The maximum absolute atomic E-state index is 12.9. The molecular weight excluding hydrogens is 376 g/mol. The summed E-state index contributed by atoms with van der Waals surface area (Å²) in [6.45, 7) is 1.80. The van der Waals surface area contributed by atoms with Crippen LogP contribution in [-0.2, 0) is 16.0 Å². The van der Waals surface area contributed by atoms with Gasteiger partial charge >= 0.3 is 0 Å². The number of carbonyl (C=O) groups excluding carboxylic acids is 3. The van der Waals surface area contributed by atoms with Crippen molar-refractivity contribution in [2.45, 2.75) is 19.4 Å². The number of pyridine rings is 1. The Labute approximate surface area is 165 Å². The molecule has 1 unspecified atom stereocenters. The van der Waals surface area contributed by atoms with Gasteiger partial charge in [0.15, 0.2) is 0 Å². The number of ketones is 1. The van der Waals surface area contributed by atoms with E-state index in [0.717, 1.165) is 22.7 Å². The number of amides is 2. The second-order valence-electron chi connectivity index (χ2n) is 6.15. The van der Waals surface area contributed by atoms with Gasteiger partial charge in [-0.2, -0.15) is 4.37 Å². The Morgan fingerprint density at radius 1 is 1.11 bits per heavy atom. The first-order valence-corrected chi connectivity index (χ1v) is 9.29. The van der Waals surface area contributed by atoms with Crippen LogP contribution in [0.15, 0.2) is 54.9 Å². The fourth-order valence-electron chi connectivity index (χ4n) is 2.84. The quantitative estimate of drug-likeness (QED) is 0.594. The third-order valence-electron chi connectivity index (χ3n) is 4.19. The molecule has 1 atom stereocenters. The van der Waals surface area contributed by atoms with Gasteiger partial charge in [0, 0.05) is 24.4 Å². The molecule has 0 radical (unpaired) electrons. The molecule has 0 aliphatic rings. The van der Waals surface area contributed by atoms with Crippen molar-refractivity contribution in [3.8, 4) is 11.1 Å². The number of nitrogens with zero attached hydrogens (tertiary/aromatic N) is 2. The molecule has 142 valence electrons. The van der Waals surface area contributed by atoms with Gasteiger partial charge in [0.05, 0.1) is 5.69 Å². The highest BCUT2D eigenvalue weighted by Gasteiger charge is 2.28. The van der Waals surface area contributed by atoms with Crippen LogP contribution in [0.3, 0.4) is 0 Å². The first kappa shape index (κ1) is 19.4. The van der Waals surface area contributed by atoms with Crippen LogP contribution in [0, 0.1) is 6.92 Å². The van der Waals surface area contributed by atoms with Gasteiger partial charge in [-0.05, 0) is 41.7 Å². The molecule has 2 aromatic heterocycles. The molecule has 1 aromatic carbocycles. The van der Waals surface area contributed by atoms with Crippen LogP contribution >= 0.6 is 11.5 Å². The number of primary amides is 1. The number of aryl methyl sites for hydroxylation is 1. The lowest BCUT2D eigenvalue weighted by Gasteiger charge is -2.16. The average Bonchev–Trinajstić information content (AvgIpc) is 3.09. The Kier molecular flexibility index (Phi) is 5.90. The Balaban J connectivity index is 1.89. The zero-order valence-corrected chi connectivity index (χ0v) is 15.9. The summed E-state index contributed by atoms with van der Waals surface area (Å²) in [5.41, 5.74) is 8.15. The molecule has 0 aliphatic carbocycles. The van der Waals surface area contributed by atoms with Crippen LogP contribution in [0.25, 0.3) is 11.1 Å². The predicted molar refractivity (Wildman–Crippen MR) is 106 cm³/mol. The van der Waals surface area contributed by atoms with E-state index in [1.54, 1.807) is 31.5 Å². The molecule has 3 aromatic rings. The summed E-state index contributed by atoms with van der Waals surface area (Å²) in [7, 11) is 0. The van der Waals surface area contributed by atoms with Gasteiger partial charge in [0.2, 0.25) is 5.78 Å². The normalized spacial score (nSPS) is 11.6. The second kappa shape index (κ2) is 8.53. The Bertz CT molecular complexity index is 1000. The second-order valence-corrected chi connectivity index (χ2v) is 6.93. The molecule has 3 rings (SSSR count). The van der Waals surface area contributed by atoms with Gasteiger partial charge in [0.1, 0.15) is 10.9 Å². The SMILES string of the molecule is Cc1nsc(C(=O)NC(Cc2ccccc2)C(=O)C(N)=O)c1-c1ccncc1. The fourth-order valence-corrected chi connectivity index (χ4v) is 3.66. The minimum absolute atomic E-state index is 0.163. The molecule has 7 nitrogen and oxygen atoms in total. The molecule has 2 heterocycles. The van der Waals surface area contributed by atoms with E-state index in [9.17, 15) is 14.4 Å². The highest BCUT2D eigenvalue weighted by atomic mass is 32.1. The lowest BCUT2D eigenvalue weighted by atomic mass is 10.0. The highest BCUT2D eigenvalue weighted by Crippen LogP contribution is 2.29. The zero-order chi connectivity index (χ0) is 20.1. The van der Waals surface area contributed by atoms with E-state index in [1.165, 1.54) is 0 Å². The number of carbonyl (C=O) groups is 3. The summed E-state index contributed by atoms with van der Waals surface area (Å²) in [5.74, 6) is -2.41. The lowest BCUT2D eigenvalue weighted by Crippen LogP contribution is -2.47. The molecule has 2 amide bonds. The Hall–Kier alpha value is -3.39. The molecular formula is C20H18N4O3S. The number of hydrogen-bond acceptors (Lipinski definition) is 6. The maximum atomic E-state index is 12.9. The predicted octanol–water partition coefficient (Wildman–Crippen LogP) is 1.91. The van der Waals surface area contributed by atoms with Crippen molar-refractivity contribution in [1.82, 2.24) is 14.7 Å². The van der Waals surface area contributed by atoms with Gasteiger partial charge < -0.3 is 11.1 Å². The molecule has 0 saturated heterocycles. The van der Waals surface area contributed by atoms with Crippen LogP contribution < -0.4 is 11.1 Å². The van der Waals surface area contributed by atoms with Crippen molar-refractivity contribution in [1.29, 1.82) is 0 Å². The van der Waals surface area contributed by atoms with E-state index in [1.807, 2.05) is 30.3 Å². The van der Waals surface area contributed by atoms with E-state index in [0.29, 0.717) is 16.1 Å². The first-order valence-electron chi connectivity index (χ1n) is 8.52. The zero-order valence-electron chi connectivity index (χ0n) is 15.1. The van der Waals surface area contributed by atoms with Crippen LogP contribution in [-0.4, -0.2) is 33.0 Å². The summed E-state index contributed by atoms with van der Waals surface area (Å²) < 4.78 is 4.27. The van der Waals surface area contributed by atoms with Gasteiger partial charge in [0.25, 0.3) is 11.8 Å². The maximum Gasteiger partial charge on any atom is 0.287 e. The molecule has 0 bridgehead atoms. The number of nitrogens with two attached hydrogens (primary N) is 1. The van der Waals surface area contributed by atoms with Crippen molar-refractivity contribution in [2.24, 2.45) is 5.73 Å². The van der Waals surface area contributed by atoms with Gasteiger partial charge in [-0.25, -0.2) is 0 Å². The van der Waals surface area contributed by atoms with Crippen LogP contribution in [0.2, 0.25) is 0 Å². The number of Topliss-reactive ketones (excluding diaryl/α,β-unsaturated/α-hetero) is 1. The van der Waals surface area contributed by atoms with Crippen LogP contribution in [0.4, 0.5) is 0 Å². The van der Waals surface area contributed by atoms with Gasteiger partial charge in [-0.15, -0.1) is 0 Å². The van der Waals surface area contributed by atoms with E-state index in [-0.39, 0.29) is 6.42 Å². The molecule has 0 aliphatic heterocycles. The third-order valence-corrected chi connectivity index (χ3v) is 5.12. The van der Waals surface area contributed by atoms with E-state index in [2.05, 4.69) is 14.7 Å². The number of rotatable bonds is 7. The fraction of sp³-hybridized carbons (Fsp3) is 0.150. The summed E-state index contributed by atoms with van der Waals surface area (Å²) in [5, 5.41) is 2.65. The van der Waals surface area contributed by atoms with Crippen molar-refractivity contribution in [2.75, 3.05) is 0 Å². The van der Waals surface area contributed by atoms with Crippen molar-refractivity contribution < 1.29 is 14.4 Å². The van der Waals surface area contributed by atoms with Crippen molar-refractivity contribution in [3.63, 3.8) is 0 Å². The number of benzene rings is 1. The molecule has 0 fully saturated rings. The summed E-state index contributed by atoms with van der Waals surface area (Å²) in [6, 6.07) is 11.6. The van der Waals surface area contributed by atoms with E-state index < -0.39 is 23.6 Å². The number of hydrogen-bond donors (Lipinski definition) is 2. The smallest absolute Gasteiger partial charge is 0.287 e. The molecule has 28 heavy (non-hydrogen) atoms. The van der Waals surface area contributed by atoms with E-state index >= 15 is 0 Å². The minimum Gasteiger partial charge on any atom is -0.363 e. The summed E-state index contributed by atoms with van der Waals surface area (Å²) >= 11 is 1.04. The largest absolute Gasteiger partial charge is 0.363 e. The van der Waals surface area contributed by atoms with Crippen molar-refractivity contribution >= 4 is 29.1 Å². The lowest BCUT2D eigenvalue weighted by molar-refractivity contribution is -0.137. The summed E-state index contributed by atoms with van der Waals surface area (Å²) in [4.78, 5) is 41.0. The standard InChI is InChI=1S/C20H18N4O3S/c1-12-16(14-7-9-22-10-8-14)18(28-24-12)20(27)23-15(17(25)19(21)26)11-13-5-3-2-4-6-13/h2-10,15H,11H2,1H3,(H2,21,26)(H,23,27). The Morgan fingerprint density at radius 2 is 1.79 bits per heavy atom. The molecule has 0 saturated carbocycles. The van der Waals surface area contributed by atoms with Crippen LogP contribution in [0.1, 0.15) is 20.9 Å². The third kappa shape index (κ3) is 4.29. The summed E-state index contributed by atoms with van der Waals surface area (Å²) in [6.07, 6.45) is 3.42. The topological polar surface area (TPSA) is 115 Å². The van der Waals surface area contributed by atoms with Crippen LogP contribution in [0.5, 0.6) is 0 Å². The minimum atomic E-state index is -1.09. The molecule has 0 spiro atoms. The number of aromatic nitrogens is 2. The highest BCUT2D eigenvalue weighted by molar-refractivity contribution is 7.08. The van der Waals surface area contributed by atoms with E-state index in [4.69, 9.17) is 5.73 Å². The Morgan fingerprint density at radius 3 is 2.43 bits per heavy atom. The average molecular weight is 394 g/mol. The first-order chi connectivity index (χ1) is 13.5. The molecule has 3 N–H and O–H groups in total. The molecule has 8 heteroatoms. The van der Waals surface area contributed by atoms with Crippen molar-refractivity contribution in [3.05, 3.63) is 71.0 Å². The number of nitrogens with one attached hydrogen (secondary N) is 1. The van der Waals surface area contributed by atoms with Gasteiger partial charge in [-0.3, -0.25) is 19.4 Å².